The molecule has 0 unspecified atom stereocenters. The fourth-order valence-electron chi connectivity index (χ4n) is 1.64. The van der Waals surface area contributed by atoms with Gasteiger partial charge in [-0.05, 0) is 31.2 Å². The molecule has 0 aromatic rings. The summed E-state index contributed by atoms with van der Waals surface area (Å²) in [6.07, 6.45) is 3.16. The topological polar surface area (TPSA) is 41.5 Å². The van der Waals surface area contributed by atoms with Crippen LogP contribution in [0.3, 0.4) is 0 Å². The number of rotatable bonds is 5. The molecule has 0 aromatic heterocycles. The fourth-order valence-corrected chi connectivity index (χ4v) is 1.64. The smallest absolute Gasteiger partial charge is 0.0471 e. The molecule has 1 aliphatic heterocycles. The molecule has 1 rings (SSSR count). The summed E-state index contributed by atoms with van der Waals surface area (Å²) >= 11 is 0. The summed E-state index contributed by atoms with van der Waals surface area (Å²) < 4.78 is 5.32. The molecule has 0 aliphatic carbocycles. The van der Waals surface area contributed by atoms with E-state index in [0.717, 1.165) is 45.6 Å². The van der Waals surface area contributed by atoms with Crippen LogP contribution >= 0.6 is 0 Å². The molecule has 3 nitrogen and oxygen atoms in total. The van der Waals surface area contributed by atoms with Gasteiger partial charge in [0.15, 0.2) is 0 Å². The summed E-state index contributed by atoms with van der Waals surface area (Å²) in [5, 5.41) is 12.0. The van der Waals surface area contributed by atoms with Crippen LogP contribution < -0.4 is 5.32 Å². The monoisotopic (exact) mass is 187 g/mol. The number of nitrogens with one attached hydrogen (secondary N) is 1. The highest BCUT2D eigenvalue weighted by atomic mass is 16.5. The van der Waals surface area contributed by atoms with Crippen LogP contribution in [0.5, 0.6) is 0 Å². The Morgan fingerprint density at radius 2 is 2.08 bits per heavy atom. The third kappa shape index (κ3) is 4.07. The van der Waals surface area contributed by atoms with Crippen molar-refractivity contribution in [2.75, 3.05) is 32.9 Å². The molecule has 0 atom stereocenters. The van der Waals surface area contributed by atoms with Crippen molar-refractivity contribution in [3.8, 4) is 0 Å². The minimum atomic E-state index is 0.285. The molecule has 0 saturated carbocycles. The molecule has 0 radical (unpaired) electrons. The lowest BCUT2D eigenvalue weighted by atomic mass is 9.82. The molecule has 0 spiro atoms. The molecule has 13 heavy (non-hydrogen) atoms. The van der Waals surface area contributed by atoms with Gasteiger partial charge in [-0.15, -0.1) is 0 Å². The van der Waals surface area contributed by atoms with Gasteiger partial charge in [0.25, 0.3) is 0 Å². The lowest BCUT2D eigenvalue weighted by molar-refractivity contribution is 0.0241. The zero-order valence-corrected chi connectivity index (χ0v) is 8.51. The van der Waals surface area contributed by atoms with Crippen LogP contribution in [0.25, 0.3) is 0 Å². The fraction of sp³-hybridized carbons (Fsp3) is 1.00. The van der Waals surface area contributed by atoms with E-state index < -0.39 is 0 Å². The minimum absolute atomic E-state index is 0.285. The third-order valence-electron chi connectivity index (χ3n) is 2.76. The normalized spacial score (nSPS) is 21.7. The number of aliphatic hydroxyl groups excluding tert-OH is 1. The summed E-state index contributed by atoms with van der Waals surface area (Å²) in [5.41, 5.74) is 0.410. The predicted octanol–water partition coefficient (Wildman–Crippen LogP) is 0.775. The van der Waals surface area contributed by atoms with Crippen LogP contribution in [0.4, 0.5) is 0 Å². The van der Waals surface area contributed by atoms with Crippen molar-refractivity contribution >= 4 is 0 Å². The quantitative estimate of drug-likeness (QED) is 0.625. The van der Waals surface area contributed by atoms with E-state index in [2.05, 4.69) is 12.2 Å². The highest BCUT2D eigenvalue weighted by molar-refractivity contribution is 4.79. The maximum absolute atomic E-state index is 8.61. The van der Waals surface area contributed by atoms with E-state index >= 15 is 0 Å². The van der Waals surface area contributed by atoms with E-state index in [4.69, 9.17) is 9.84 Å². The van der Waals surface area contributed by atoms with Gasteiger partial charge in [-0.25, -0.2) is 0 Å². The molecule has 1 heterocycles. The maximum atomic E-state index is 8.61. The Labute approximate surface area is 80.5 Å². The zero-order chi connectivity index (χ0) is 9.57. The van der Waals surface area contributed by atoms with Crippen LogP contribution in [-0.2, 0) is 4.74 Å². The van der Waals surface area contributed by atoms with E-state index in [1.807, 2.05) is 0 Å². The Hall–Kier alpha value is -0.120. The van der Waals surface area contributed by atoms with Crippen LogP contribution in [0.2, 0.25) is 0 Å². The molecule has 78 valence electrons. The average molecular weight is 187 g/mol. The van der Waals surface area contributed by atoms with Gasteiger partial charge in [0.05, 0.1) is 0 Å². The average Bonchev–Trinajstić information content (AvgIpc) is 2.14. The predicted molar refractivity (Wildman–Crippen MR) is 52.7 cm³/mol. The highest BCUT2D eigenvalue weighted by Crippen LogP contribution is 2.28. The SMILES string of the molecule is CC1(CNCCCO)CCOCC1. The summed E-state index contributed by atoms with van der Waals surface area (Å²) in [7, 11) is 0. The lowest BCUT2D eigenvalue weighted by Crippen LogP contribution is -2.37. The van der Waals surface area contributed by atoms with Gasteiger partial charge in [0.1, 0.15) is 0 Å². The van der Waals surface area contributed by atoms with Gasteiger partial charge in [0, 0.05) is 26.4 Å². The Morgan fingerprint density at radius 1 is 1.38 bits per heavy atom. The molecule has 0 bridgehead atoms. The molecule has 1 saturated heterocycles. The summed E-state index contributed by atoms with van der Waals surface area (Å²) in [5.74, 6) is 0. The van der Waals surface area contributed by atoms with E-state index in [0.29, 0.717) is 5.41 Å². The van der Waals surface area contributed by atoms with Crippen molar-refractivity contribution in [1.29, 1.82) is 0 Å². The van der Waals surface area contributed by atoms with Crippen molar-refractivity contribution in [3.63, 3.8) is 0 Å². The molecule has 3 heteroatoms. The Kier molecular flexibility index (Phi) is 4.70. The largest absolute Gasteiger partial charge is 0.396 e. The van der Waals surface area contributed by atoms with Gasteiger partial charge in [-0.2, -0.15) is 0 Å². The van der Waals surface area contributed by atoms with Crippen LogP contribution in [0.15, 0.2) is 0 Å². The number of aliphatic hydroxyl groups is 1. The molecular formula is C10H21NO2. The summed E-state index contributed by atoms with van der Waals surface area (Å²) in [6.45, 7) is 6.37. The Balaban J connectivity index is 2.10. The van der Waals surface area contributed by atoms with Crippen LogP contribution in [0, 0.1) is 5.41 Å². The lowest BCUT2D eigenvalue weighted by Gasteiger charge is -2.33. The molecule has 2 N–H and O–H groups in total. The second kappa shape index (κ2) is 5.58. The van der Waals surface area contributed by atoms with Gasteiger partial charge in [-0.3, -0.25) is 0 Å². The first kappa shape index (κ1) is 11.0. The molecular weight excluding hydrogens is 166 g/mol. The Morgan fingerprint density at radius 3 is 2.69 bits per heavy atom. The molecule has 0 aromatic carbocycles. The minimum Gasteiger partial charge on any atom is -0.396 e. The zero-order valence-electron chi connectivity index (χ0n) is 8.51. The van der Waals surface area contributed by atoms with Gasteiger partial charge in [0.2, 0.25) is 0 Å². The van der Waals surface area contributed by atoms with Crippen LogP contribution in [0.1, 0.15) is 26.2 Å². The number of hydrogen-bond donors (Lipinski definition) is 2. The Bertz CT molecular complexity index is 133. The maximum Gasteiger partial charge on any atom is 0.0471 e. The van der Waals surface area contributed by atoms with Crippen molar-refractivity contribution in [2.45, 2.75) is 26.2 Å². The van der Waals surface area contributed by atoms with Crippen LogP contribution in [-0.4, -0.2) is 38.0 Å². The first-order valence-corrected chi connectivity index (χ1v) is 5.16. The van der Waals surface area contributed by atoms with Gasteiger partial charge in [-0.1, -0.05) is 6.92 Å². The highest BCUT2D eigenvalue weighted by Gasteiger charge is 2.26. The summed E-state index contributed by atoms with van der Waals surface area (Å²) in [4.78, 5) is 0. The van der Waals surface area contributed by atoms with Crippen molar-refractivity contribution in [2.24, 2.45) is 5.41 Å². The molecule has 1 fully saturated rings. The molecule has 1 aliphatic rings. The first-order chi connectivity index (χ1) is 6.27. The number of hydrogen-bond acceptors (Lipinski definition) is 3. The van der Waals surface area contributed by atoms with E-state index in [9.17, 15) is 0 Å². The standard InChI is InChI=1S/C10H21NO2/c1-10(3-7-13-8-4-10)9-11-5-2-6-12/h11-12H,2-9H2,1H3. The van der Waals surface area contributed by atoms with E-state index in [1.54, 1.807) is 0 Å². The second-order valence-corrected chi connectivity index (χ2v) is 4.18. The van der Waals surface area contributed by atoms with Gasteiger partial charge < -0.3 is 15.2 Å². The third-order valence-corrected chi connectivity index (χ3v) is 2.76. The van der Waals surface area contributed by atoms with Crippen molar-refractivity contribution in [3.05, 3.63) is 0 Å². The van der Waals surface area contributed by atoms with Crippen molar-refractivity contribution in [1.82, 2.24) is 5.32 Å². The van der Waals surface area contributed by atoms with Crippen molar-refractivity contribution < 1.29 is 9.84 Å². The summed E-state index contributed by atoms with van der Waals surface area (Å²) in [6, 6.07) is 0. The van der Waals surface area contributed by atoms with E-state index in [1.165, 1.54) is 0 Å². The van der Waals surface area contributed by atoms with E-state index in [-0.39, 0.29) is 6.61 Å². The second-order valence-electron chi connectivity index (χ2n) is 4.18. The molecule has 0 amide bonds. The first-order valence-electron chi connectivity index (χ1n) is 5.16. The number of ether oxygens (including phenoxy) is 1. The van der Waals surface area contributed by atoms with Gasteiger partial charge >= 0.3 is 0 Å².